The molecule has 0 spiro atoms. The molecule has 106 valence electrons. The van der Waals surface area contributed by atoms with Crippen molar-refractivity contribution in [2.24, 2.45) is 5.41 Å². The molecule has 18 heavy (non-hydrogen) atoms. The SMILES string of the molecule is CCCC1(C(=O)O)CCN(CCOCCOC)C1. The summed E-state index contributed by atoms with van der Waals surface area (Å²) in [4.78, 5) is 13.6. The Morgan fingerprint density at radius 2 is 2.17 bits per heavy atom. The molecular formula is C13H25NO4. The normalized spacial score (nSPS) is 24.6. The number of rotatable bonds is 9. The van der Waals surface area contributed by atoms with Gasteiger partial charge in [-0.1, -0.05) is 13.3 Å². The maximum absolute atomic E-state index is 11.4. The maximum Gasteiger partial charge on any atom is 0.310 e. The first kappa shape index (κ1) is 15.4. The van der Waals surface area contributed by atoms with E-state index in [1.807, 2.05) is 6.92 Å². The minimum atomic E-state index is -0.646. The number of likely N-dealkylation sites (tertiary alicyclic amines) is 1. The van der Waals surface area contributed by atoms with E-state index in [0.29, 0.717) is 26.4 Å². The molecule has 1 saturated heterocycles. The van der Waals surface area contributed by atoms with Crippen molar-refractivity contribution >= 4 is 5.97 Å². The Balaban J connectivity index is 2.28. The van der Waals surface area contributed by atoms with Gasteiger partial charge in [-0.3, -0.25) is 9.69 Å². The molecule has 0 aromatic carbocycles. The lowest BCUT2D eigenvalue weighted by molar-refractivity contribution is -0.148. The highest BCUT2D eigenvalue weighted by Crippen LogP contribution is 2.35. The van der Waals surface area contributed by atoms with Crippen LogP contribution in [0.1, 0.15) is 26.2 Å². The van der Waals surface area contributed by atoms with Gasteiger partial charge in [0.25, 0.3) is 0 Å². The van der Waals surface area contributed by atoms with Gasteiger partial charge in [0, 0.05) is 20.2 Å². The second-order valence-electron chi connectivity index (χ2n) is 4.97. The minimum Gasteiger partial charge on any atom is -0.481 e. The molecule has 0 aromatic rings. The zero-order valence-corrected chi connectivity index (χ0v) is 11.5. The van der Waals surface area contributed by atoms with Crippen molar-refractivity contribution in [2.75, 3.05) is 46.6 Å². The molecule has 1 aliphatic rings. The summed E-state index contributed by atoms with van der Waals surface area (Å²) in [5.74, 6) is -0.646. The molecular weight excluding hydrogens is 234 g/mol. The number of aliphatic carboxylic acids is 1. The van der Waals surface area contributed by atoms with Gasteiger partial charge in [0.15, 0.2) is 0 Å². The zero-order chi connectivity index (χ0) is 13.4. The number of methoxy groups -OCH3 is 1. The number of carbonyl (C=O) groups is 1. The summed E-state index contributed by atoms with van der Waals surface area (Å²) < 4.78 is 10.3. The van der Waals surface area contributed by atoms with E-state index in [1.54, 1.807) is 7.11 Å². The van der Waals surface area contributed by atoms with E-state index in [4.69, 9.17) is 9.47 Å². The Morgan fingerprint density at radius 3 is 2.78 bits per heavy atom. The molecule has 1 atom stereocenters. The predicted molar refractivity (Wildman–Crippen MR) is 68.7 cm³/mol. The summed E-state index contributed by atoms with van der Waals surface area (Å²) in [7, 11) is 1.65. The van der Waals surface area contributed by atoms with Crippen LogP contribution in [-0.2, 0) is 14.3 Å². The quantitative estimate of drug-likeness (QED) is 0.631. The van der Waals surface area contributed by atoms with Gasteiger partial charge in [-0.15, -0.1) is 0 Å². The highest BCUT2D eigenvalue weighted by molar-refractivity contribution is 5.75. The molecule has 0 bridgehead atoms. The van der Waals surface area contributed by atoms with Gasteiger partial charge < -0.3 is 14.6 Å². The highest BCUT2D eigenvalue weighted by atomic mass is 16.5. The number of hydrogen-bond donors (Lipinski definition) is 1. The maximum atomic E-state index is 11.4. The highest BCUT2D eigenvalue weighted by Gasteiger charge is 2.43. The Hall–Kier alpha value is -0.650. The third-order valence-corrected chi connectivity index (χ3v) is 3.60. The van der Waals surface area contributed by atoms with E-state index in [-0.39, 0.29) is 0 Å². The van der Waals surface area contributed by atoms with Crippen LogP contribution in [0.3, 0.4) is 0 Å². The first-order valence-corrected chi connectivity index (χ1v) is 6.67. The van der Waals surface area contributed by atoms with Gasteiger partial charge in [0.2, 0.25) is 0 Å². The third-order valence-electron chi connectivity index (χ3n) is 3.60. The van der Waals surface area contributed by atoms with Crippen LogP contribution in [0.15, 0.2) is 0 Å². The summed E-state index contributed by atoms with van der Waals surface area (Å²) in [5.41, 5.74) is -0.527. The van der Waals surface area contributed by atoms with Crippen molar-refractivity contribution in [3.8, 4) is 0 Å². The van der Waals surface area contributed by atoms with E-state index < -0.39 is 11.4 Å². The van der Waals surface area contributed by atoms with Crippen LogP contribution in [0.4, 0.5) is 0 Å². The molecule has 1 fully saturated rings. The largest absolute Gasteiger partial charge is 0.481 e. The molecule has 1 rings (SSSR count). The topological polar surface area (TPSA) is 59.0 Å². The molecule has 5 heteroatoms. The first-order valence-electron chi connectivity index (χ1n) is 6.67. The number of carboxylic acid groups (broad SMARTS) is 1. The predicted octanol–water partition coefficient (Wildman–Crippen LogP) is 1.23. The van der Waals surface area contributed by atoms with Gasteiger partial charge in [-0.05, 0) is 19.4 Å². The fourth-order valence-corrected chi connectivity index (χ4v) is 2.55. The van der Waals surface area contributed by atoms with E-state index in [2.05, 4.69) is 4.90 Å². The third kappa shape index (κ3) is 4.23. The molecule has 1 N–H and O–H groups in total. The van der Waals surface area contributed by atoms with Gasteiger partial charge in [0.1, 0.15) is 0 Å². The molecule has 0 amide bonds. The molecule has 1 unspecified atom stereocenters. The number of hydrogen-bond acceptors (Lipinski definition) is 4. The average Bonchev–Trinajstić information content (AvgIpc) is 2.74. The first-order chi connectivity index (χ1) is 8.64. The Kier molecular flexibility index (Phi) is 6.60. The smallest absolute Gasteiger partial charge is 0.310 e. The molecule has 1 heterocycles. The van der Waals surface area contributed by atoms with Crippen molar-refractivity contribution in [2.45, 2.75) is 26.2 Å². The fourth-order valence-electron chi connectivity index (χ4n) is 2.55. The van der Waals surface area contributed by atoms with Crippen LogP contribution in [0.25, 0.3) is 0 Å². The van der Waals surface area contributed by atoms with Crippen molar-refractivity contribution in [1.82, 2.24) is 4.90 Å². The zero-order valence-electron chi connectivity index (χ0n) is 11.5. The summed E-state index contributed by atoms with van der Waals surface area (Å²) in [6, 6.07) is 0. The van der Waals surface area contributed by atoms with Crippen molar-refractivity contribution in [3.63, 3.8) is 0 Å². The van der Waals surface area contributed by atoms with Crippen LogP contribution in [0.2, 0.25) is 0 Å². The summed E-state index contributed by atoms with van der Waals surface area (Å²) in [6.07, 6.45) is 2.45. The van der Waals surface area contributed by atoms with Crippen LogP contribution in [0.5, 0.6) is 0 Å². The van der Waals surface area contributed by atoms with Gasteiger partial charge >= 0.3 is 5.97 Å². The second-order valence-corrected chi connectivity index (χ2v) is 4.97. The van der Waals surface area contributed by atoms with Crippen LogP contribution in [0, 0.1) is 5.41 Å². The van der Waals surface area contributed by atoms with E-state index in [1.165, 1.54) is 0 Å². The van der Waals surface area contributed by atoms with E-state index in [9.17, 15) is 9.90 Å². The lowest BCUT2D eigenvalue weighted by Crippen LogP contribution is -2.35. The molecule has 0 radical (unpaired) electrons. The summed E-state index contributed by atoms with van der Waals surface area (Å²) >= 11 is 0. The standard InChI is InChI=1S/C13H25NO4/c1-3-4-13(12(15)16)5-6-14(11-13)7-8-18-10-9-17-2/h3-11H2,1-2H3,(H,15,16). The van der Waals surface area contributed by atoms with Crippen LogP contribution < -0.4 is 0 Å². The number of carboxylic acids is 1. The van der Waals surface area contributed by atoms with Gasteiger partial charge in [-0.25, -0.2) is 0 Å². The second kappa shape index (κ2) is 7.71. The minimum absolute atomic E-state index is 0.527. The van der Waals surface area contributed by atoms with Crippen molar-refractivity contribution in [1.29, 1.82) is 0 Å². The monoisotopic (exact) mass is 259 g/mol. The molecule has 1 aliphatic heterocycles. The summed E-state index contributed by atoms with van der Waals surface area (Å²) in [5, 5.41) is 9.38. The van der Waals surface area contributed by atoms with Gasteiger partial charge in [-0.2, -0.15) is 0 Å². The lowest BCUT2D eigenvalue weighted by Gasteiger charge is -2.24. The number of nitrogens with zero attached hydrogens (tertiary/aromatic N) is 1. The lowest BCUT2D eigenvalue weighted by atomic mass is 9.83. The van der Waals surface area contributed by atoms with Crippen LogP contribution in [-0.4, -0.2) is 62.5 Å². The summed E-state index contributed by atoms with van der Waals surface area (Å²) in [6.45, 7) is 6.22. The molecule has 0 aliphatic carbocycles. The van der Waals surface area contributed by atoms with E-state index >= 15 is 0 Å². The molecule has 5 nitrogen and oxygen atoms in total. The van der Waals surface area contributed by atoms with Crippen molar-refractivity contribution < 1.29 is 19.4 Å². The fraction of sp³-hybridized carbons (Fsp3) is 0.923. The van der Waals surface area contributed by atoms with Crippen LogP contribution >= 0.6 is 0 Å². The molecule has 0 aromatic heterocycles. The average molecular weight is 259 g/mol. The van der Waals surface area contributed by atoms with E-state index in [0.717, 1.165) is 32.4 Å². The van der Waals surface area contributed by atoms with Gasteiger partial charge in [0.05, 0.1) is 25.2 Å². The Morgan fingerprint density at radius 1 is 1.39 bits per heavy atom. The Bertz CT molecular complexity index is 259. The molecule has 0 saturated carbocycles. The number of ether oxygens (including phenoxy) is 2. The Labute approximate surface area is 109 Å². The van der Waals surface area contributed by atoms with Crippen molar-refractivity contribution in [3.05, 3.63) is 0 Å².